The van der Waals surface area contributed by atoms with Crippen LogP contribution in [0.1, 0.15) is 37.7 Å². The molecule has 0 atom stereocenters. The standard InChI is InChI=1S/C12H14BrNO3/c1-12(2,3)17-11(16)7-9(15)8-5-4-6-10(13)14-8/h4-6H,7H2,1-3H3. The zero-order chi connectivity index (χ0) is 13.1. The van der Waals surface area contributed by atoms with Crippen LogP contribution in [0.25, 0.3) is 0 Å². The van der Waals surface area contributed by atoms with Crippen molar-refractivity contribution < 1.29 is 14.3 Å². The molecule has 0 aromatic carbocycles. The predicted molar refractivity (Wildman–Crippen MR) is 66.7 cm³/mol. The summed E-state index contributed by atoms with van der Waals surface area (Å²) in [5, 5.41) is 0. The number of esters is 1. The van der Waals surface area contributed by atoms with E-state index in [-0.39, 0.29) is 17.9 Å². The van der Waals surface area contributed by atoms with Gasteiger partial charge in [0.15, 0.2) is 5.78 Å². The molecule has 17 heavy (non-hydrogen) atoms. The van der Waals surface area contributed by atoms with Gasteiger partial charge in [0.25, 0.3) is 0 Å². The second-order valence-corrected chi connectivity index (χ2v) is 5.34. The van der Waals surface area contributed by atoms with Crippen LogP contribution in [0.4, 0.5) is 0 Å². The molecule has 0 N–H and O–H groups in total. The van der Waals surface area contributed by atoms with Crippen LogP contribution in [-0.4, -0.2) is 22.3 Å². The summed E-state index contributed by atoms with van der Waals surface area (Å²) < 4.78 is 5.62. The van der Waals surface area contributed by atoms with Crippen LogP contribution in [0, 0.1) is 0 Å². The van der Waals surface area contributed by atoms with Gasteiger partial charge in [0.1, 0.15) is 22.3 Å². The molecule has 0 aliphatic rings. The Bertz CT molecular complexity index is 438. The van der Waals surface area contributed by atoms with E-state index in [1.807, 2.05) is 0 Å². The monoisotopic (exact) mass is 299 g/mol. The quantitative estimate of drug-likeness (QED) is 0.373. The Hall–Kier alpha value is -1.23. The zero-order valence-corrected chi connectivity index (χ0v) is 11.6. The van der Waals surface area contributed by atoms with E-state index < -0.39 is 11.6 Å². The predicted octanol–water partition coefficient (Wildman–Crippen LogP) is 2.76. The second kappa shape index (κ2) is 5.40. The van der Waals surface area contributed by atoms with Gasteiger partial charge >= 0.3 is 5.97 Å². The first-order chi connectivity index (χ1) is 7.78. The lowest BCUT2D eigenvalue weighted by Crippen LogP contribution is -2.25. The van der Waals surface area contributed by atoms with Gasteiger partial charge in [-0.05, 0) is 48.8 Å². The Balaban J connectivity index is 2.64. The van der Waals surface area contributed by atoms with Crippen molar-refractivity contribution in [3.63, 3.8) is 0 Å². The topological polar surface area (TPSA) is 56.3 Å². The van der Waals surface area contributed by atoms with Gasteiger partial charge in [0.2, 0.25) is 0 Å². The molecule has 0 fully saturated rings. The van der Waals surface area contributed by atoms with Crippen LogP contribution in [-0.2, 0) is 9.53 Å². The molecule has 0 spiro atoms. The Labute approximate surface area is 109 Å². The molecule has 1 aromatic heterocycles. The van der Waals surface area contributed by atoms with Gasteiger partial charge in [-0.2, -0.15) is 0 Å². The summed E-state index contributed by atoms with van der Waals surface area (Å²) in [6.07, 6.45) is -0.291. The van der Waals surface area contributed by atoms with Crippen molar-refractivity contribution in [1.82, 2.24) is 4.98 Å². The number of ether oxygens (including phenoxy) is 1. The lowest BCUT2D eigenvalue weighted by Gasteiger charge is -2.19. The Morgan fingerprint density at radius 2 is 2.00 bits per heavy atom. The molecule has 0 unspecified atom stereocenters. The number of pyridine rings is 1. The van der Waals surface area contributed by atoms with Gasteiger partial charge < -0.3 is 4.74 Å². The molecule has 0 saturated heterocycles. The molecule has 0 amide bonds. The highest BCUT2D eigenvalue weighted by atomic mass is 79.9. The maximum atomic E-state index is 11.7. The Morgan fingerprint density at radius 1 is 1.35 bits per heavy atom. The minimum Gasteiger partial charge on any atom is -0.460 e. The van der Waals surface area contributed by atoms with E-state index in [1.54, 1.807) is 39.0 Å². The maximum Gasteiger partial charge on any atom is 0.314 e. The van der Waals surface area contributed by atoms with Crippen LogP contribution in [0.2, 0.25) is 0 Å². The fourth-order valence-corrected chi connectivity index (χ4v) is 1.51. The molecule has 5 heteroatoms. The summed E-state index contributed by atoms with van der Waals surface area (Å²) in [5.41, 5.74) is -0.326. The SMILES string of the molecule is CC(C)(C)OC(=O)CC(=O)c1cccc(Br)n1. The first kappa shape index (κ1) is 13.8. The van der Waals surface area contributed by atoms with Crippen LogP contribution in [0.15, 0.2) is 22.8 Å². The van der Waals surface area contributed by atoms with Gasteiger partial charge in [0, 0.05) is 0 Å². The third kappa shape index (κ3) is 5.08. The van der Waals surface area contributed by atoms with Gasteiger partial charge in [-0.1, -0.05) is 6.07 Å². The lowest BCUT2D eigenvalue weighted by molar-refractivity contribution is -0.153. The summed E-state index contributed by atoms with van der Waals surface area (Å²) in [7, 11) is 0. The summed E-state index contributed by atoms with van der Waals surface area (Å²) in [5.74, 6) is -0.884. The van der Waals surface area contributed by atoms with Crippen molar-refractivity contribution in [2.75, 3.05) is 0 Å². The fraction of sp³-hybridized carbons (Fsp3) is 0.417. The van der Waals surface area contributed by atoms with Crippen molar-refractivity contribution in [1.29, 1.82) is 0 Å². The molecule has 4 nitrogen and oxygen atoms in total. The summed E-state index contributed by atoms with van der Waals surface area (Å²) >= 11 is 3.17. The van der Waals surface area contributed by atoms with E-state index in [0.717, 1.165) is 0 Å². The molecular formula is C12H14BrNO3. The van der Waals surface area contributed by atoms with Gasteiger partial charge in [-0.3, -0.25) is 9.59 Å². The molecule has 0 saturated carbocycles. The first-order valence-corrected chi connectivity index (χ1v) is 5.95. The highest BCUT2D eigenvalue weighted by Gasteiger charge is 2.20. The summed E-state index contributed by atoms with van der Waals surface area (Å²) in [6.45, 7) is 5.27. The van der Waals surface area contributed by atoms with Crippen molar-refractivity contribution in [3.8, 4) is 0 Å². The number of Topliss-reactive ketones (excluding diaryl/α,β-unsaturated/α-hetero) is 1. The second-order valence-electron chi connectivity index (χ2n) is 4.53. The average molecular weight is 300 g/mol. The third-order valence-corrected chi connectivity index (χ3v) is 2.17. The van der Waals surface area contributed by atoms with E-state index in [4.69, 9.17) is 4.74 Å². The van der Waals surface area contributed by atoms with Crippen LogP contribution < -0.4 is 0 Å². The number of hydrogen-bond acceptors (Lipinski definition) is 4. The van der Waals surface area contributed by atoms with E-state index in [0.29, 0.717) is 4.60 Å². The maximum absolute atomic E-state index is 11.7. The number of halogens is 1. The Morgan fingerprint density at radius 3 is 2.53 bits per heavy atom. The molecule has 1 heterocycles. The number of carbonyl (C=O) groups excluding carboxylic acids is 2. The largest absolute Gasteiger partial charge is 0.460 e. The molecular weight excluding hydrogens is 286 g/mol. The number of rotatable bonds is 3. The van der Waals surface area contributed by atoms with Crippen molar-refractivity contribution in [3.05, 3.63) is 28.5 Å². The highest BCUT2D eigenvalue weighted by molar-refractivity contribution is 9.10. The molecule has 0 aliphatic heterocycles. The third-order valence-electron chi connectivity index (χ3n) is 1.73. The molecule has 0 radical (unpaired) electrons. The Kier molecular flexibility index (Phi) is 4.40. The smallest absolute Gasteiger partial charge is 0.314 e. The minimum atomic E-state index is -0.581. The zero-order valence-electron chi connectivity index (χ0n) is 9.99. The fourth-order valence-electron chi connectivity index (χ4n) is 1.16. The summed E-state index contributed by atoms with van der Waals surface area (Å²) in [6, 6.07) is 4.97. The van der Waals surface area contributed by atoms with Crippen LogP contribution in [0.5, 0.6) is 0 Å². The molecule has 0 bridgehead atoms. The number of aromatic nitrogens is 1. The van der Waals surface area contributed by atoms with Crippen molar-refractivity contribution in [2.45, 2.75) is 32.8 Å². The lowest BCUT2D eigenvalue weighted by atomic mass is 10.1. The van der Waals surface area contributed by atoms with E-state index in [9.17, 15) is 9.59 Å². The molecule has 92 valence electrons. The number of hydrogen-bond donors (Lipinski definition) is 0. The highest BCUT2D eigenvalue weighted by Crippen LogP contribution is 2.11. The average Bonchev–Trinajstić information content (AvgIpc) is 2.14. The molecule has 0 aliphatic carbocycles. The minimum absolute atomic E-state index is 0.255. The normalized spacial score (nSPS) is 11.1. The number of nitrogens with zero attached hydrogens (tertiary/aromatic N) is 1. The van der Waals surface area contributed by atoms with Gasteiger partial charge in [0.05, 0.1) is 0 Å². The van der Waals surface area contributed by atoms with E-state index >= 15 is 0 Å². The van der Waals surface area contributed by atoms with Crippen molar-refractivity contribution >= 4 is 27.7 Å². The first-order valence-electron chi connectivity index (χ1n) is 5.15. The van der Waals surface area contributed by atoms with Gasteiger partial charge in [-0.15, -0.1) is 0 Å². The van der Waals surface area contributed by atoms with Gasteiger partial charge in [-0.25, -0.2) is 4.98 Å². The summed E-state index contributed by atoms with van der Waals surface area (Å²) in [4.78, 5) is 27.1. The van der Waals surface area contributed by atoms with Crippen LogP contribution >= 0.6 is 15.9 Å². The van der Waals surface area contributed by atoms with Crippen molar-refractivity contribution in [2.24, 2.45) is 0 Å². The molecule has 1 rings (SSSR count). The molecule has 1 aromatic rings. The van der Waals surface area contributed by atoms with E-state index in [1.165, 1.54) is 0 Å². The van der Waals surface area contributed by atoms with Crippen LogP contribution in [0.3, 0.4) is 0 Å². The number of carbonyl (C=O) groups is 2. The van der Waals surface area contributed by atoms with E-state index in [2.05, 4.69) is 20.9 Å². The number of ketones is 1.